The van der Waals surface area contributed by atoms with Crippen LogP contribution in [0.25, 0.3) is 0 Å². The first-order valence-corrected chi connectivity index (χ1v) is 5.09. The van der Waals surface area contributed by atoms with Gasteiger partial charge in [-0.15, -0.1) is 0 Å². The summed E-state index contributed by atoms with van der Waals surface area (Å²) in [5.74, 6) is -1.36. The Bertz CT molecular complexity index is 427. The van der Waals surface area contributed by atoms with E-state index in [0.29, 0.717) is 12.1 Å². The highest BCUT2D eigenvalue weighted by atomic mass is 16.4. The van der Waals surface area contributed by atoms with Crippen LogP contribution in [0.1, 0.15) is 12.8 Å². The standard InChI is InChI=1S/C10H13N3O3/c1-12-6-8(4-11-12)13-5-7(10(15)16)2-3-9(13)14/h4,6-7H,2-3,5H2,1H3,(H,15,16)/t7-/m0/s1. The zero-order chi connectivity index (χ0) is 11.7. The molecule has 1 N–H and O–H groups in total. The summed E-state index contributed by atoms with van der Waals surface area (Å²) in [5, 5.41) is 12.9. The van der Waals surface area contributed by atoms with E-state index >= 15 is 0 Å². The Morgan fingerprint density at radius 1 is 1.62 bits per heavy atom. The van der Waals surface area contributed by atoms with Crippen molar-refractivity contribution in [2.24, 2.45) is 13.0 Å². The number of aryl methyl sites for hydroxylation is 1. The molecule has 0 unspecified atom stereocenters. The molecule has 1 aromatic rings. The molecule has 1 atom stereocenters. The summed E-state index contributed by atoms with van der Waals surface area (Å²) in [7, 11) is 1.76. The minimum atomic E-state index is -0.846. The number of carbonyl (C=O) groups is 2. The minimum Gasteiger partial charge on any atom is -0.481 e. The fraction of sp³-hybridized carbons (Fsp3) is 0.500. The van der Waals surface area contributed by atoms with E-state index < -0.39 is 11.9 Å². The second-order valence-corrected chi connectivity index (χ2v) is 3.95. The van der Waals surface area contributed by atoms with Gasteiger partial charge >= 0.3 is 5.97 Å². The van der Waals surface area contributed by atoms with Gasteiger partial charge in [0.05, 0.1) is 17.8 Å². The van der Waals surface area contributed by atoms with Crippen molar-refractivity contribution in [1.29, 1.82) is 0 Å². The number of carboxylic acid groups (broad SMARTS) is 1. The second kappa shape index (κ2) is 3.96. The lowest BCUT2D eigenvalue weighted by molar-refractivity contribution is -0.142. The van der Waals surface area contributed by atoms with E-state index in [1.54, 1.807) is 24.1 Å². The van der Waals surface area contributed by atoms with Gasteiger partial charge in [-0.05, 0) is 6.42 Å². The van der Waals surface area contributed by atoms with Crippen molar-refractivity contribution in [1.82, 2.24) is 9.78 Å². The molecule has 1 aromatic heterocycles. The molecule has 2 rings (SSSR count). The van der Waals surface area contributed by atoms with E-state index in [0.717, 1.165) is 0 Å². The van der Waals surface area contributed by atoms with Crippen LogP contribution in [0.4, 0.5) is 5.69 Å². The number of rotatable bonds is 2. The van der Waals surface area contributed by atoms with Gasteiger partial charge in [-0.1, -0.05) is 0 Å². The average molecular weight is 223 g/mol. The van der Waals surface area contributed by atoms with Crippen LogP contribution in [0.15, 0.2) is 12.4 Å². The van der Waals surface area contributed by atoms with Gasteiger partial charge in [-0.2, -0.15) is 5.10 Å². The van der Waals surface area contributed by atoms with Crippen LogP contribution in [0, 0.1) is 5.92 Å². The molecule has 1 saturated heterocycles. The summed E-state index contributed by atoms with van der Waals surface area (Å²) in [4.78, 5) is 24.0. The Hall–Kier alpha value is -1.85. The first-order chi connectivity index (χ1) is 7.58. The minimum absolute atomic E-state index is 0.0366. The van der Waals surface area contributed by atoms with E-state index in [-0.39, 0.29) is 18.9 Å². The molecule has 86 valence electrons. The van der Waals surface area contributed by atoms with E-state index in [4.69, 9.17) is 5.11 Å². The highest BCUT2D eigenvalue weighted by Crippen LogP contribution is 2.23. The first-order valence-electron chi connectivity index (χ1n) is 5.09. The number of hydrogen-bond acceptors (Lipinski definition) is 3. The van der Waals surface area contributed by atoms with Crippen molar-refractivity contribution in [3.63, 3.8) is 0 Å². The lowest BCUT2D eigenvalue weighted by Gasteiger charge is -2.29. The van der Waals surface area contributed by atoms with Crippen molar-refractivity contribution >= 4 is 17.6 Å². The van der Waals surface area contributed by atoms with Gasteiger partial charge in [-0.25, -0.2) is 0 Å². The van der Waals surface area contributed by atoms with Crippen LogP contribution in [0.5, 0.6) is 0 Å². The number of aliphatic carboxylic acids is 1. The molecule has 0 saturated carbocycles. The molecule has 6 heteroatoms. The van der Waals surface area contributed by atoms with Crippen molar-refractivity contribution in [2.75, 3.05) is 11.4 Å². The number of piperidine rings is 1. The predicted octanol–water partition coefficient (Wildman–Crippen LogP) is 0.248. The van der Waals surface area contributed by atoms with Gasteiger partial charge in [0.2, 0.25) is 5.91 Å². The van der Waals surface area contributed by atoms with Crippen LogP contribution < -0.4 is 4.90 Å². The Morgan fingerprint density at radius 3 is 2.94 bits per heavy atom. The van der Waals surface area contributed by atoms with Crippen LogP contribution in [0.3, 0.4) is 0 Å². The molecular formula is C10H13N3O3. The third kappa shape index (κ3) is 1.91. The van der Waals surface area contributed by atoms with Crippen LogP contribution >= 0.6 is 0 Å². The van der Waals surface area contributed by atoms with Gasteiger partial charge in [0, 0.05) is 26.2 Å². The molecule has 0 aromatic carbocycles. The quantitative estimate of drug-likeness (QED) is 0.779. The van der Waals surface area contributed by atoms with Crippen molar-refractivity contribution in [2.45, 2.75) is 12.8 Å². The predicted molar refractivity (Wildman–Crippen MR) is 55.9 cm³/mol. The molecular weight excluding hydrogens is 210 g/mol. The van der Waals surface area contributed by atoms with Crippen molar-refractivity contribution < 1.29 is 14.7 Å². The summed E-state index contributed by atoms with van der Waals surface area (Å²) >= 11 is 0. The highest BCUT2D eigenvalue weighted by molar-refractivity contribution is 5.95. The van der Waals surface area contributed by atoms with E-state index in [2.05, 4.69) is 5.10 Å². The Labute approximate surface area is 92.5 Å². The summed E-state index contributed by atoms with van der Waals surface area (Å²) < 4.78 is 1.59. The van der Waals surface area contributed by atoms with Gasteiger partial charge in [0.1, 0.15) is 0 Å². The molecule has 2 heterocycles. The smallest absolute Gasteiger partial charge is 0.308 e. The van der Waals surface area contributed by atoms with Gasteiger partial charge in [0.25, 0.3) is 0 Å². The lowest BCUT2D eigenvalue weighted by atomic mass is 9.97. The lowest BCUT2D eigenvalue weighted by Crippen LogP contribution is -2.42. The van der Waals surface area contributed by atoms with Gasteiger partial charge in [-0.3, -0.25) is 14.3 Å². The molecule has 1 aliphatic rings. The number of hydrogen-bond donors (Lipinski definition) is 1. The zero-order valence-corrected chi connectivity index (χ0v) is 8.96. The van der Waals surface area contributed by atoms with E-state index in [9.17, 15) is 9.59 Å². The molecule has 0 aliphatic carbocycles. The maximum Gasteiger partial charge on any atom is 0.308 e. The molecule has 0 radical (unpaired) electrons. The van der Waals surface area contributed by atoms with Gasteiger partial charge < -0.3 is 10.0 Å². The van der Waals surface area contributed by atoms with Crippen LogP contribution in [-0.4, -0.2) is 33.3 Å². The maximum atomic E-state index is 11.7. The SMILES string of the molecule is Cn1cc(N2C[C@@H](C(=O)O)CCC2=O)cn1. The van der Waals surface area contributed by atoms with Crippen LogP contribution in [-0.2, 0) is 16.6 Å². The summed E-state index contributed by atoms with van der Waals surface area (Å²) in [6.45, 7) is 0.236. The molecule has 1 aliphatic heterocycles. The molecule has 16 heavy (non-hydrogen) atoms. The number of carboxylic acids is 1. The third-order valence-electron chi connectivity index (χ3n) is 2.76. The Balaban J connectivity index is 2.19. The highest BCUT2D eigenvalue weighted by Gasteiger charge is 2.31. The van der Waals surface area contributed by atoms with Gasteiger partial charge in [0.15, 0.2) is 0 Å². The zero-order valence-electron chi connectivity index (χ0n) is 8.96. The summed E-state index contributed by atoms with van der Waals surface area (Å²) in [5.41, 5.74) is 0.665. The summed E-state index contributed by atoms with van der Waals surface area (Å²) in [6, 6.07) is 0. The topological polar surface area (TPSA) is 75.4 Å². The van der Waals surface area contributed by atoms with E-state index in [1.165, 1.54) is 4.90 Å². The Morgan fingerprint density at radius 2 is 2.38 bits per heavy atom. The third-order valence-corrected chi connectivity index (χ3v) is 2.76. The largest absolute Gasteiger partial charge is 0.481 e. The number of anilines is 1. The maximum absolute atomic E-state index is 11.7. The van der Waals surface area contributed by atoms with Crippen LogP contribution in [0.2, 0.25) is 0 Å². The molecule has 0 bridgehead atoms. The molecule has 6 nitrogen and oxygen atoms in total. The van der Waals surface area contributed by atoms with Crippen molar-refractivity contribution in [3.8, 4) is 0 Å². The molecule has 1 amide bonds. The fourth-order valence-electron chi connectivity index (χ4n) is 1.84. The normalized spacial score (nSPS) is 21.2. The van der Waals surface area contributed by atoms with Crippen molar-refractivity contribution in [3.05, 3.63) is 12.4 Å². The monoisotopic (exact) mass is 223 g/mol. The Kier molecular flexibility index (Phi) is 2.64. The fourth-order valence-corrected chi connectivity index (χ4v) is 1.84. The number of amides is 1. The molecule has 0 spiro atoms. The first kappa shape index (κ1) is 10.7. The number of nitrogens with zero attached hydrogens (tertiary/aromatic N) is 3. The second-order valence-electron chi connectivity index (χ2n) is 3.95. The summed E-state index contributed by atoms with van der Waals surface area (Å²) in [6.07, 6.45) is 3.99. The average Bonchev–Trinajstić information content (AvgIpc) is 2.65. The number of carbonyl (C=O) groups excluding carboxylic acids is 1. The van der Waals surface area contributed by atoms with E-state index in [1.807, 2.05) is 0 Å². The molecule has 1 fully saturated rings. The number of aromatic nitrogens is 2.